The van der Waals surface area contributed by atoms with E-state index < -0.39 is 45.9 Å². The minimum Gasteiger partial charge on any atom is -1.00 e. The molecule has 2 fully saturated rings. The van der Waals surface area contributed by atoms with Gasteiger partial charge in [0.2, 0.25) is 5.91 Å². The third kappa shape index (κ3) is 3.75. The monoisotopic (exact) mass is 602 g/mol. The van der Waals surface area contributed by atoms with Crippen molar-refractivity contribution in [3.05, 3.63) is 46.7 Å². The number of halogens is 1. The van der Waals surface area contributed by atoms with Crippen LogP contribution in [-0.2, 0) is 32.7 Å². The first kappa shape index (κ1) is 28.4. The van der Waals surface area contributed by atoms with Crippen LogP contribution in [0, 0.1) is 11.8 Å². The number of amides is 1. The van der Waals surface area contributed by atoms with Crippen LogP contribution in [0.4, 0.5) is 5.69 Å². The van der Waals surface area contributed by atoms with E-state index in [4.69, 9.17) is 0 Å². The van der Waals surface area contributed by atoms with E-state index in [1.807, 2.05) is 18.2 Å². The molecule has 0 aromatic heterocycles. The Labute approximate surface area is 246 Å². The van der Waals surface area contributed by atoms with Crippen molar-refractivity contribution in [2.75, 3.05) is 51.1 Å². The Bertz CT molecular complexity index is 1640. The van der Waals surface area contributed by atoms with Gasteiger partial charge in [-0.3, -0.25) is 9.10 Å². The van der Waals surface area contributed by atoms with Crippen LogP contribution >= 0.6 is 0 Å². The summed E-state index contributed by atoms with van der Waals surface area (Å²) in [5.41, 5.74) is 2.93. The number of aliphatic carboxylic acids is 1. The van der Waals surface area contributed by atoms with Crippen molar-refractivity contribution in [1.82, 2.24) is 4.90 Å². The number of hydrogen-bond donors (Lipinski definition) is 1. The molecule has 0 aliphatic carbocycles. The maximum atomic E-state index is 14.0. The summed E-state index contributed by atoms with van der Waals surface area (Å²) in [7, 11) is 0.579. The number of carbonyl (C=O) groups excluding carboxylic acids is 2. The number of aliphatic hydroxyl groups is 1. The first-order valence-corrected chi connectivity index (χ1v) is 15.4. The lowest BCUT2D eigenvalue weighted by molar-refractivity contribution is -1.03. The Hall–Kier alpha value is -2.70. The van der Waals surface area contributed by atoms with Crippen molar-refractivity contribution in [3.63, 3.8) is 0 Å². The van der Waals surface area contributed by atoms with Gasteiger partial charge in [0.1, 0.15) is 39.3 Å². The van der Waals surface area contributed by atoms with Crippen LogP contribution in [0.5, 0.6) is 0 Å². The zero-order valence-corrected chi connectivity index (χ0v) is 25.2. The molecule has 0 bridgehead atoms. The molecule has 4 atom stereocenters. The molecule has 2 saturated heterocycles. The summed E-state index contributed by atoms with van der Waals surface area (Å²) in [5, 5.41) is 24.1. The number of likely N-dealkylation sites (N-methyl/N-ethyl adjacent to an activating group) is 1. The fourth-order valence-electron chi connectivity index (χ4n) is 7.98. The molecular weight excluding hydrogens is 568 g/mol. The summed E-state index contributed by atoms with van der Waals surface area (Å²) in [6.45, 7) is 9.19. The number of piperazine rings is 1. The van der Waals surface area contributed by atoms with Gasteiger partial charge in [-0.2, -0.15) is 0 Å². The number of fused-ring (bicyclic) bond motifs is 1. The minimum atomic E-state index is -3.96. The molecular formula is C29H35ClN4O6S. The molecule has 0 radical (unpaired) electrons. The summed E-state index contributed by atoms with van der Waals surface area (Å²) in [6, 6.07) is 7.04. The van der Waals surface area contributed by atoms with Gasteiger partial charge < -0.3 is 41.3 Å². The number of nitrogens with zero attached hydrogens (tertiary/aromatic N) is 4. The van der Waals surface area contributed by atoms with E-state index in [0.717, 1.165) is 64.7 Å². The number of carboxylic acid groups (broad SMARTS) is 1. The Morgan fingerprint density at radius 3 is 2.27 bits per heavy atom. The minimum absolute atomic E-state index is 0. The number of benzene rings is 2. The first-order chi connectivity index (χ1) is 18.8. The highest BCUT2D eigenvalue weighted by molar-refractivity contribution is 7.93. The van der Waals surface area contributed by atoms with Crippen molar-refractivity contribution >= 4 is 38.4 Å². The third-order valence-corrected chi connectivity index (χ3v) is 12.1. The standard InChI is InChI=1S/C29H35N4O6S.ClH/c1-16-20(27(29(36)37)31-26(16)23(17(2)34)28(31)35)13-30-21-7-5-18-14-33(11-9-32(3,4)10-12-33)15-19-6-8-22(40(30,38)39)25(21)24(18)19;/h5-8,16-17,23,26,34H,9-15H2,1-4H3;1H/q+1;/p-1/t16-,17+,23+,26+;/m0./s1. The lowest BCUT2D eigenvalue weighted by atomic mass is 9.77. The highest BCUT2D eigenvalue weighted by atomic mass is 35.5. The van der Waals surface area contributed by atoms with Gasteiger partial charge in [0.05, 0.1) is 61.0 Å². The second-order valence-corrected chi connectivity index (χ2v) is 15.0. The first-order valence-electron chi connectivity index (χ1n) is 14.0. The molecule has 0 saturated carbocycles. The molecule has 2 aromatic rings. The molecule has 5 aliphatic rings. The largest absolute Gasteiger partial charge is 1.00 e. The molecule has 12 heteroatoms. The van der Waals surface area contributed by atoms with Gasteiger partial charge in [0.15, 0.2) is 0 Å². The van der Waals surface area contributed by atoms with Crippen LogP contribution in [0.25, 0.3) is 10.8 Å². The highest BCUT2D eigenvalue weighted by Gasteiger charge is 2.59. The molecule has 1 amide bonds. The van der Waals surface area contributed by atoms with Crippen molar-refractivity contribution in [3.8, 4) is 0 Å². The number of anilines is 1. The number of hydrogen-bond acceptors (Lipinski definition) is 6. The fraction of sp³-hybridized carbons (Fsp3) is 0.517. The van der Waals surface area contributed by atoms with E-state index >= 15 is 0 Å². The quantitative estimate of drug-likeness (QED) is 0.297. The molecule has 2 aromatic carbocycles. The zero-order valence-electron chi connectivity index (χ0n) is 23.6. The topological polar surface area (TPSA) is 118 Å². The molecule has 0 unspecified atom stereocenters. The van der Waals surface area contributed by atoms with Crippen LogP contribution in [0.15, 0.2) is 40.4 Å². The molecule has 10 nitrogen and oxygen atoms in total. The zero-order chi connectivity index (χ0) is 28.5. The second kappa shape index (κ2) is 8.90. The van der Waals surface area contributed by atoms with Gasteiger partial charge in [-0.05, 0) is 24.6 Å². The van der Waals surface area contributed by atoms with E-state index in [2.05, 4.69) is 14.1 Å². The molecule has 5 heterocycles. The fourth-order valence-corrected chi connectivity index (χ4v) is 9.64. The van der Waals surface area contributed by atoms with Gasteiger partial charge >= 0.3 is 0 Å². The summed E-state index contributed by atoms with van der Waals surface area (Å²) < 4.78 is 31.2. The van der Waals surface area contributed by atoms with Gasteiger partial charge in [0, 0.05) is 27.8 Å². The Kier molecular flexibility index (Phi) is 6.17. The number of β-lactam (4-membered cyclic amide) rings is 1. The lowest BCUT2D eigenvalue weighted by Gasteiger charge is -2.48. The molecule has 1 spiro atoms. The van der Waals surface area contributed by atoms with Gasteiger partial charge in [0.25, 0.3) is 10.0 Å². The van der Waals surface area contributed by atoms with Crippen LogP contribution in [-0.4, -0.2) is 98.2 Å². The highest BCUT2D eigenvalue weighted by Crippen LogP contribution is 2.51. The summed E-state index contributed by atoms with van der Waals surface area (Å²) >= 11 is 0. The van der Waals surface area contributed by atoms with E-state index in [0.29, 0.717) is 16.6 Å². The smallest absolute Gasteiger partial charge is 0.265 e. The maximum absolute atomic E-state index is 14.0. The number of aliphatic hydroxyl groups excluding tert-OH is 1. The van der Waals surface area contributed by atoms with Crippen LogP contribution < -0.4 is 21.8 Å². The Balaban J connectivity index is 0.00000302. The van der Waals surface area contributed by atoms with E-state index in [-0.39, 0.29) is 29.5 Å². The van der Waals surface area contributed by atoms with Crippen molar-refractivity contribution in [1.29, 1.82) is 0 Å². The van der Waals surface area contributed by atoms with Crippen LogP contribution in [0.3, 0.4) is 0 Å². The predicted octanol–water partition coefficient (Wildman–Crippen LogP) is -2.87. The van der Waals surface area contributed by atoms with E-state index in [1.54, 1.807) is 13.0 Å². The van der Waals surface area contributed by atoms with E-state index in [1.165, 1.54) is 16.1 Å². The molecule has 5 aliphatic heterocycles. The molecule has 41 heavy (non-hydrogen) atoms. The molecule has 7 rings (SSSR count). The number of sulfonamides is 1. The lowest BCUT2D eigenvalue weighted by Crippen LogP contribution is -3.00. The molecule has 1 N–H and O–H groups in total. The number of carboxylic acids is 1. The number of quaternary nitrogens is 2. The van der Waals surface area contributed by atoms with Gasteiger partial charge in [-0.1, -0.05) is 19.1 Å². The van der Waals surface area contributed by atoms with Crippen molar-refractivity contribution in [2.45, 2.75) is 44.0 Å². The number of carbonyl (C=O) groups is 2. The Morgan fingerprint density at radius 1 is 1.07 bits per heavy atom. The SMILES string of the molecule is C[C@@H](O)[C@H]1C(=O)N2C(C(=O)[O-])=C(CN3c4ccc5c6c(ccc(c46)S3(=O)=O)C[N+]3(CC[N+](C)(C)CC3)C5)[C@H](C)[C@H]12.[Cl-]. The summed E-state index contributed by atoms with van der Waals surface area (Å²) in [5.74, 6) is -3.15. The Morgan fingerprint density at radius 2 is 1.68 bits per heavy atom. The van der Waals surface area contributed by atoms with Gasteiger partial charge in [-0.15, -0.1) is 0 Å². The van der Waals surface area contributed by atoms with E-state index in [9.17, 15) is 28.2 Å². The third-order valence-electron chi connectivity index (χ3n) is 10.3. The number of rotatable bonds is 4. The summed E-state index contributed by atoms with van der Waals surface area (Å²) in [6.07, 6.45) is -0.940. The average molecular weight is 603 g/mol. The molecule has 220 valence electrons. The van der Waals surface area contributed by atoms with Crippen LogP contribution in [0.2, 0.25) is 0 Å². The predicted molar refractivity (Wildman–Crippen MR) is 145 cm³/mol. The average Bonchev–Trinajstić information content (AvgIpc) is 3.25. The normalized spacial score (nSPS) is 28.9. The van der Waals surface area contributed by atoms with Crippen LogP contribution in [0.1, 0.15) is 25.0 Å². The summed E-state index contributed by atoms with van der Waals surface area (Å²) in [4.78, 5) is 26.4. The van der Waals surface area contributed by atoms with Crippen molar-refractivity contribution in [2.24, 2.45) is 11.8 Å². The van der Waals surface area contributed by atoms with Gasteiger partial charge in [-0.25, -0.2) is 8.42 Å². The second-order valence-electron chi connectivity index (χ2n) is 13.1. The van der Waals surface area contributed by atoms with Crippen molar-refractivity contribution < 1.29 is 49.6 Å². The maximum Gasteiger partial charge on any atom is 0.265 e.